The van der Waals surface area contributed by atoms with Crippen LogP contribution in [-0.4, -0.2) is 34.3 Å². The minimum Gasteiger partial charge on any atom is -0.318 e. The van der Waals surface area contributed by atoms with E-state index in [0.29, 0.717) is 23.5 Å². The molecular weight excluding hydrogens is 415 g/mol. The van der Waals surface area contributed by atoms with Crippen LogP contribution >= 0.6 is 0 Å². The van der Waals surface area contributed by atoms with E-state index < -0.39 is 23.1 Å². The molecule has 4 heterocycles. The van der Waals surface area contributed by atoms with Gasteiger partial charge in [-0.2, -0.15) is 18.3 Å². The first-order chi connectivity index (χ1) is 14.8. The maximum absolute atomic E-state index is 12.7. The minimum atomic E-state index is -4.49. The van der Waals surface area contributed by atoms with Gasteiger partial charge in [0, 0.05) is 18.9 Å². The Morgan fingerprint density at radius 3 is 2.61 bits per heavy atom. The molecule has 12 heteroatoms. The molecule has 4 aromatic rings. The molecule has 0 aliphatic heterocycles. The number of aromatic amines is 2. The minimum absolute atomic E-state index is 0.180. The van der Waals surface area contributed by atoms with E-state index in [0.717, 1.165) is 25.1 Å². The SMILES string of the molecule is CCCCn1c(-c2cnn(Cc3ccc(C(F)(F)F)nc3)c2)nc2[nH]c(=O)[nH]c(=O)c21. The van der Waals surface area contributed by atoms with Crippen molar-refractivity contribution in [1.82, 2.24) is 34.3 Å². The van der Waals surface area contributed by atoms with E-state index in [4.69, 9.17) is 0 Å². The van der Waals surface area contributed by atoms with E-state index >= 15 is 0 Å². The fourth-order valence-electron chi connectivity index (χ4n) is 3.26. The maximum Gasteiger partial charge on any atom is 0.433 e. The zero-order valence-corrected chi connectivity index (χ0v) is 16.4. The molecule has 0 amide bonds. The molecular formula is C19H18F3N7O2. The largest absolute Gasteiger partial charge is 0.433 e. The summed E-state index contributed by atoms with van der Waals surface area (Å²) in [5.74, 6) is 0.465. The maximum atomic E-state index is 12.7. The van der Waals surface area contributed by atoms with Crippen LogP contribution in [0.4, 0.5) is 13.2 Å². The summed E-state index contributed by atoms with van der Waals surface area (Å²) in [5, 5.41) is 4.25. The third kappa shape index (κ3) is 4.13. The van der Waals surface area contributed by atoms with Crippen LogP contribution in [-0.2, 0) is 19.3 Å². The molecule has 4 aromatic heterocycles. The van der Waals surface area contributed by atoms with Gasteiger partial charge in [0.25, 0.3) is 5.56 Å². The first kappa shape index (κ1) is 20.6. The molecule has 0 fully saturated rings. The fraction of sp³-hybridized carbons (Fsp3) is 0.316. The topological polar surface area (TPSA) is 114 Å². The standard InChI is InChI=1S/C19H18F3N7O2/c1-2-3-6-29-14-15(26-18(31)27-17(14)30)25-16(29)12-8-24-28(10-12)9-11-4-5-13(23-7-11)19(20,21)22/h4-5,7-8,10H,2-3,6,9H2,1H3,(H2,26,27,30,31). The normalized spacial score (nSPS) is 12.0. The first-order valence-electron chi connectivity index (χ1n) is 9.54. The summed E-state index contributed by atoms with van der Waals surface area (Å²) in [5.41, 5.74) is -0.537. The van der Waals surface area contributed by atoms with Crippen LogP contribution < -0.4 is 11.2 Å². The van der Waals surface area contributed by atoms with Crippen molar-refractivity contribution in [3.8, 4) is 11.4 Å². The van der Waals surface area contributed by atoms with Gasteiger partial charge in [0.15, 0.2) is 11.2 Å². The average Bonchev–Trinajstić information content (AvgIpc) is 3.30. The molecule has 9 nitrogen and oxygen atoms in total. The van der Waals surface area contributed by atoms with E-state index in [1.807, 2.05) is 6.92 Å². The lowest BCUT2D eigenvalue weighted by Gasteiger charge is -2.07. The molecule has 0 aliphatic rings. The molecule has 0 spiro atoms. The third-order valence-electron chi connectivity index (χ3n) is 4.73. The number of hydrogen-bond acceptors (Lipinski definition) is 5. The lowest BCUT2D eigenvalue weighted by atomic mass is 10.2. The van der Waals surface area contributed by atoms with E-state index in [1.54, 1.807) is 17.0 Å². The number of halogens is 3. The van der Waals surface area contributed by atoms with E-state index in [1.165, 1.54) is 10.7 Å². The lowest BCUT2D eigenvalue weighted by molar-refractivity contribution is -0.141. The van der Waals surface area contributed by atoms with Gasteiger partial charge in [-0.15, -0.1) is 0 Å². The lowest BCUT2D eigenvalue weighted by Crippen LogP contribution is -2.23. The van der Waals surface area contributed by atoms with Crippen LogP contribution in [0.3, 0.4) is 0 Å². The Balaban J connectivity index is 1.68. The number of unbranched alkanes of at least 4 members (excludes halogenated alkanes) is 1. The van der Waals surface area contributed by atoms with Crippen LogP contribution in [0.5, 0.6) is 0 Å². The fourth-order valence-corrected chi connectivity index (χ4v) is 3.26. The summed E-state index contributed by atoms with van der Waals surface area (Å²) in [6, 6.07) is 2.27. The Morgan fingerprint density at radius 1 is 1.13 bits per heavy atom. The van der Waals surface area contributed by atoms with E-state index in [-0.39, 0.29) is 17.7 Å². The smallest absolute Gasteiger partial charge is 0.318 e. The summed E-state index contributed by atoms with van der Waals surface area (Å²) < 4.78 is 41.3. The number of aromatic nitrogens is 7. The Morgan fingerprint density at radius 2 is 1.94 bits per heavy atom. The highest BCUT2D eigenvalue weighted by Crippen LogP contribution is 2.27. The van der Waals surface area contributed by atoms with Crippen molar-refractivity contribution in [3.63, 3.8) is 0 Å². The van der Waals surface area contributed by atoms with E-state index in [9.17, 15) is 22.8 Å². The summed E-state index contributed by atoms with van der Waals surface area (Å²) in [7, 11) is 0. The highest BCUT2D eigenvalue weighted by atomic mass is 19.4. The summed E-state index contributed by atoms with van der Waals surface area (Å²) >= 11 is 0. The Bertz CT molecular complexity index is 1330. The molecule has 162 valence electrons. The molecule has 0 aromatic carbocycles. The summed E-state index contributed by atoms with van der Waals surface area (Å²) in [4.78, 5) is 36.6. The van der Waals surface area contributed by atoms with Gasteiger partial charge >= 0.3 is 11.9 Å². The van der Waals surface area contributed by atoms with Crippen LogP contribution in [0.1, 0.15) is 31.0 Å². The molecule has 0 bridgehead atoms. The number of hydrogen-bond donors (Lipinski definition) is 2. The second kappa shape index (κ2) is 7.85. The molecule has 0 aliphatic carbocycles. The second-order valence-electron chi connectivity index (χ2n) is 7.02. The number of imidazole rings is 1. The van der Waals surface area contributed by atoms with Gasteiger partial charge in [-0.1, -0.05) is 19.4 Å². The van der Waals surface area contributed by atoms with Crippen molar-refractivity contribution in [2.45, 2.75) is 39.0 Å². The molecule has 0 unspecified atom stereocenters. The number of rotatable bonds is 6. The molecule has 0 saturated heterocycles. The first-order valence-corrected chi connectivity index (χ1v) is 9.54. The number of nitrogens with zero attached hydrogens (tertiary/aromatic N) is 5. The number of nitrogens with one attached hydrogen (secondary N) is 2. The van der Waals surface area contributed by atoms with Crippen molar-refractivity contribution >= 4 is 11.2 Å². The van der Waals surface area contributed by atoms with Crippen LogP contribution in [0.2, 0.25) is 0 Å². The molecule has 31 heavy (non-hydrogen) atoms. The van der Waals surface area contributed by atoms with Crippen molar-refractivity contribution in [1.29, 1.82) is 0 Å². The van der Waals surface area contributed by atoms with Gasteiger partial charge in [0.1, 0.15) is 11.5 Å². The van der Waals surface area contributed by atoms with Crippen molar-refractivity contribution in [2.75, 3.05) is 0 Å². The third-order valence-corrected chi connectivity index (χ3v) is 4.73. The van der Waals surface area contributed by atoms with Gasteiger partial charge in [-0.25, -0.2) is 9.78 Å². The zero-order chi connectivity index (χ0) is 22.2. The number of H-pyrrole nitrogens is 2. The van der Waals surface area contributed by atoms with Crippen LogP contribution in [0.25, 0.3) is 22.6 Å². The average molecular weight is 433 g/mol. The van der Waals surface area contributed by atoms with Gasteiger partial charge in [-0.05, 0) is 18.1 Å². The Hall–Kier alpha value is -3.70. The molecule has 0 radical (unpaired) electrons. The number of fused-ring (bicyclic) bond motifs is 1. The zero-order valence-electron chi connectivity index (χ0n) is 16.4. The van der Waals surface area contributed by atoms with Crippen LogP contribution in [0.15, 0.2) is 40.3 Å². The van der Waals surface area contributed by atoms with Gasteiger partial charge in [0.05, 0.1) is 18.3 Å². The molecule has 4 rings (SSSR count). The monoisotopic (exact) mass is 433 g/mol. The van der Waals surface area contributed by atoms with Gasteiger partial charge < -0.3 is 4.57 Å². The summed E-state index contributed by atoms with van der Waals surface area (Å²) in [6.07, 6.45) is 1.57. The molecule has 2 N–H and O–H groups in total. The highest BCUT2D eigenvalue weighted by molar-refractivity contribution is 5.75. The number of alkyl halides is 3. The number of aryl methyl sites for hydroxylation is 1. The van der Waals surface area contributed by atoms with Crippen LogP contribution in [0, 0.1) is 0 Å². The van der Waals surface area contributed by atoms with E-state index in [2.05, 4.69) is 25.0 Å². The predicted molar refractivity (Wildman–Crippen MR) is 105 cm³/mol. The van der Waals surface area contributed by atoms with Crippen molar-refractivity contribution in [3.05, 3.63) is 62.8 Å². The highest BCUT2D eigenvalue weighted by Gasteiger charge is 2.32. The molecule has 0 saturated carbocycles. The Labute approximate surface area is 172 Å². The van der Waals surface area contributed by atoms with Gasteiger partial charge in [0.2, 0.25) is 0 Å². The van der Waals surface area contributed by atoms with Crippen molar-refractivity contribution < 1.29 is 13.2 Å². The Kier molecular flexibility index (Phi) is 5.21. The molecule has 0 atom stereocenters. The second-order valence-corrected chi connectivity index (χ2v) is 7.02. The summed E-state index contributed by atoms with van der Waals surface area (Å²) in [6.45, 7) is 2.74. The predicted octanol–water partition coefficient (Wildman–Crippen LogP) is 2.54. The number of pyridine rings is 1. The van der Waals surface area contributed by atoms with Crippen molar-refractivity contribution in [2.24, 2.45) is 0 Å². The van der Waals surface area contributed by atoms with Gasteiger partial charge in [-0.3, -0.25) is 24.4 Å². The quantitative estimate of drug-likeness (QED) is 0.485.